The minimum atomic E-state index is -0.581. The summed E-state index contributed by atoms with van der Waals surface area (Å²) in [7, 11) is 0. The maximum atomic E-state index is 12.0. The van der Waals surface area contributed by atoms with Crippen LogP contribution in [0.5, 0.6) is 0 Å². The molecule has 1 amide bonds. The van der Waals surface area contributed by atoms with Gasteiger partial charge in [-0.1, -0.05) is 31.5 Å². The van der Waals surface area contributed by atoms with Crippen LogP contribution >= 0.6 is 11.8 Å². The number of amides is 1. The largest absolute Gasteiger partial charge is 0.466 e. The van der Waals surface area contributed by atoms with Gasteiger partial charge in [0, 0.05) is 10.6 Å². The van der Waals surface area contributed by atoms with Crippen LogP contribution in [-0.4, -0.2) is 36.1 Å². The van der Waals surface area contributed by atoms with E-state index in [2.05, 4.69) is 5.32 Å². The topological polar surface area (TPSA) is 64.6 Å². The maximum absolute atomic E-state index is 12.0. The van der Waals surface area contributed by atoms with Crippen LogP contribution in [-0.2, 0) is 14.3 Å². The van der Waals surface area contributed by atoms with Crippen molar-refractivity contribution in [3.63, 3.8) is 0 Å². The van der Waals surface area contributed by atoms with Gasteiger partial charge in [0.25, 0.3) is 0 Å². The fourth-order valence-corrected chi connectivity index (χ4v) is 2.87. The first-order valence-corrected chi connectivity index (χ1v) is 9.61. The molecule has 0 saturated carbocycles. The molecule has 6 heteroatoms. The van der Waals surface area contributed by atoms with E-state index in [1.807, 2.05) is 37.3 Å². The second-order valence-corrected chi connectivity index (χ2v) is 7.84. The summed E-state index contributed by atoms with van der Waals surface area (Å²) >= 11 is 1.58. The Balaban J connectivity index is 2.58. The van der Waals surface area contributed by atoms with Gasteiger partial charge in [-0.3, -0.25) is 4.79 Å². The zero-order valence-corrected chi connectivity index (χ0v) is 16.4. The van der Waals surface area contributed by atoms with Crippen molar-refractivity contribution in [2.45, 2.75) is 63.5 Å². The molecule has 1 aromatic rings. The van der Waals surface area contributed by atoms with E-state index in [0.717, 1.165) is 17.7 Å². The second kappa shape index (κ2) is 11.0. The summed E-state index contributed by atoms with van der Waals surface area (Å²) in [5, 5.41) is 2.78. The van der Waals surface area contributed by atoms with Crippen LogP contribution in [0.2, 0.25) is 0 Å². The lowest BCUT2D eigenvalue weighted by molar-refractivity contribution is -0.144. The number of unbranched alkanes of at least 4 members (excludes halogenated alkanes) is 1. The maximum Gasteiger partial charge on any atom is 0.407 e. The van der Waals surface area contributed by atoms with E-state index >= 15 is 0 Å². The number of ether oxygens (including phenoxy) is 2. The van der Waals surface area contributed by atoms with E-state index in [4.69, 9.17) is 9.47 Å². The van der Waals surface area contributed by atoms with Gasteiger partial charge in [0.1, 0.15) is 5.60 Å². The first-order chi connectivity index (χ1) is 11.8. The average molecular weight is 368 g/mol. The molecule has 1 rings (SSSR count). The van der Waals surface area contributed by atoms with Gasteiger partial charge < -0.3 is 14.8 Å². The van der Waals surface area contributed by atoms with Gasteiger partial charge in [-0.05, 0) is 39.3 Å². The molecule has 0 heterocycles. The number of alkyl carbamates (subject to hydrolysis) is 1. The van der Waals surface area contributed by atoms with Crippen molar-refractivity contribution in [1.29, 1.82) is 0 Å². The van der Waals surface area contributed by atoms with Crippen LogP contribution in [0.4, 0.5) is 4.79 Å². The Morgan fingerprint density at radius 1 is 1.20 bits per heavy atom. The second-order valence-electron chi connectivity index (χ2n) is 6.75. The molecule has 140 valence electrons. The fraction of sp³-hybridized carbons (Fsp3) is 0.579. The molecule has 25 heavy (non-hydrogen) atoms. The molecule has 0 aliphatic rings. The minimum absolute atomic E-state index is 0.128. The van der Waals surface area contributed by atoms with Gasteiger partial charge in [-0.15, -0.1) is 11.8 Å². The van der Waals surface area contributed by atoms with Crippen LogP contribution in [0.3, 0.4) is 0 Å². The summed E-state index contributed by atoms with van der Waals surface area (Å²) in [6.07, 6.45) is 1.42. The van der Waals surface area contributed by atoms with Gasteiger partial charge in [0.05, 0.1) is 19.1 Å². The van der Waals surface area contributed by atoms with Crippen LogP contribution < -0.4 is 5.32 Å². The lowest BCUT2D eigenvalue weighted by atomic mass is 10.2. The first kappa shape index (κ1) is 21.4. The monoisotopic (exact) mass is 367 g/mol. The van der Waals surface area contributed by atoms with Crippen LogP contribution in [0, 0.1) is 0 Å². The predicted octanol–water partition coefficient (Wildman–Crippen LogP) is 4.41. The number of esters is 1. The van der Waals surface area contributed by atoms with Crippen molar-refractivity contribution in [3.05, 3.63) is 30.3 Å². The van der Waals surface area contributed by atoms with Crippen LogP contribution in [0.25, 0.3) is 0 Å². The quantitative estimate of drug-likeness (QED) is 0.398. The average Bonchev–Trinajstić information content (AvgIpc) is 2.52. The van der Waals surface area contributed by atoms with Crippen LogP contribution in [0.1, 0.15) is 47.0 Å². The predicted molar refractivity (Wildman–Crippen MR) is 101 cm³/mol. The summed E-state index contributed by atoms with van der Waals surface area (Å²) in [5.41, 5.74) is -0.581. The van der Waals surface area contributed by atoms with E-state index in [9.17, 15) is 9.59 Å². The molecule has 0 aliphatic heterocycles. The molecule has 0 radical (unpaired) electrons. The Bertz CT molecular complexity index is 528. The zero-order chi connectivity index (χ0) is 18.7. The van der Waals surface area contributed by atoms with Gasteiger partial charge in [0.2, 0.25) is 0 Å². The summed E-state index contributed by atoms with van der Waals surface area (Å²) in [5.74, 6) is 0.259. The number of carbonyl (C=O) groups excluding carboxylic acids is 2. The molecule has 0 bridgehead atoms. The van der Waals surface area contributed by atoms with Gasteiger partial charge in [0.15, 0.2) is 0 Å². The van der Waals surface area contributed by atoms with Crippen molar-refractivity contribution in [1.82, 2.24) is 5.32 Å². The van der Waals surface area contributed by atoms with Gasteiger partial charge in [-0.25, -0.2) is 4.79 Å². The van der Waals surface area contributed by atoms with Crippen molar-refractivity contribution < 1.29 is 19.1 Å². The molecular formula is C19H29NO4S. The molecule has 0 aromatic heterocycles. The molecule has 0 fully saturated rings. The molecular weight excluding hydrogens is 338 g/mol. The Morgan fingerprint density at radius 3 is 2.48 bits per heavy atom. The molecule has 0 saturated heterocycles. The standard InChI is InChI=1S/C19H29NO4S/c1-5-6-12-23-17(21)13-15(20-18(22)24-19(2,3)4)14-25-16-10-8-7-9-11-16/h7-11,15H,5-6,12-14H2,1-4H3,(H,20,22)/t15-/m1/s1. The van der Waals surface area contributed by atoms with E-state index in [0.29, 0.717) is 12.4 Å². The lowest BCUT2D eigenvalue weighted by Crippen LogP contribution is -2.41. The highest BCUT2D eigenvalue weighted by Gasteiger charge is 2.22. The number of benzene rings is 1. The van der Waals surface area contributed by atoms with Crippen molar-refractivity contribution >= 4 is 23.8 Å². The summed E-state index contributed by atoms with van der Waals surface area (Å²) < 4.78 is 10.5. The number of hydrogen-bond acceptors (Lipinski definition) is 5. The smallest absolute Gasteiger partial charge is 0.407 e. The fourth-order valence-electron chi connectivity index (χ4n) is 1.93. The minimum Gasteiger partial charge on any atom is -0.466 e. The Labute approximate surface area is 154 Å². The SMILES string of the molecule is CCCCOC(=O)C[C@H](CSc1ccccc1)NC(=O)OC(C)(C)C. The van der Waals surface area contributed by atoms with E-state index in [-0.39, 0.29) is 18.4 Å². The van der Waals surface area contributed by atoms with Crippen molar-refractivity contribution in [2.75, 3.05) is 12.4 Å². The normalized spacial score (nSPS) is 12.3. The molecule has 1 aromatic carbocycles. The van der Waals surface area contributed by atoms with Crippen molar-refractivity contribution in [2.24, 2.45) is 0 Å². The zero-order valence-electron chi connectivity index (χ0n) is 15.5. The summed E-state index contributed by atoms with van der Waals surface area (Å²) in [6, 6.07) is 9.50. The number of hydrogen-bond donors (Lipinski definition) is 1. The summed E-state index contributed by atoms with van der Waals surface area (Å²) in [6.45, 7) is 7.87. The molecule has 1 atom stereocenters. The van der Waals surface area contributed by atoms with Gasteiger partial charge in [-0.2, -0.15) is 0 Å². The third kappa shape index (κ3) is 10.7. The Hall–Kier alpha value is -1.69. The van der Waals surface area contributed by atoms with E-state index in [1.54, 1.807) is 32.5 Å². The number of rotatable bonds is 9. The van der Waals surface area contributed by atoms with E-state index < -0.39 is 11.7 Å². The number of nitrogens with one attached hydrogen (secondary N) is 1. The Morgan fingerprint density at radius 2 is 1.88 bits per heavy atom. The first-order valence-electron chi connectivity index (χ1n) is 8.63. The summed E-state index contributed by atoms with van der Waals surface area (Å²) in [4.78, 5) is 25.1. The molecule has 0 unspecified atom stereocenters. The Kier molecular flexibility index (Phi) is 9.42. The number of thioether (sulfide) groups is 1. The lowest BCUT2D eigenvalue weighted by Gasteiger charge is -2.23. The highest BCUT2D eigenvalue weighted by atomic mass is 32.2. The van der Waals surface area contributed by atoms with Crippen molar-refractivity contribution in [3.8, 4) is 0 Å². The third-order valence-corrected chi connectivity index (χ3v) is 4.26. The molecule has 1 N–H and O–H groups in total. The highest BCUT2D eigenvalue weighted by Crippen LogP contribution is 2.19. The number of carbonyl (C=O) groups is 2. The van der Waals surface area contributed by atoms with E-state index in [1.165, 1.54) is 0 Å². The highest BCUT2D eigenvalue weighted by molar-refractivity contribution is 7.99. The molecule has 5 nitrogen and oxygen atoms in total. The molecule has 0 aliphatic carbocycles. The van der Waals surface area contributed by atoms with Gasteiger partial charge >= 0.3 is 12.1 Å². The third-order valence-electron chi connectivity index (χ3n) is 3.09. The molecule has 0 spiro atoms. The van der Waals surface area contributed by atoms with Crippen LogP contribution in [0.15, 0.2) is 35.2 Å².